The summed E-state index contributed by atoms with van der Waals surface area (Å²) in [6.07, 6.45) is 6.57. The van der Waals surface area contributed by atoms with Gasteiger partial charge in [-0.25, -0.2) is 0 Å². The lowest BCUT2D eigenvalue weighted by Gasteiger charge is -2.18. The molecule has 2 N–H and O–H groups in total. The van der Waals surface area contributed by atoms with Crippen molar-refractivity contribution in [3.8, 4) is 5.75 Å². The highest BCUT2D eigenvalue weighted by Gasteiger charge is 2.09. The molecule has 0 saturated carbocycles. The maximum atomic E-state index is 5.86. The van der Waals surface area contributed by atoms with Crippen LogP contribution in [0.15, 0.2) is 42.5 Å². The molecular formula is C12H17N2OP. The van der Waals surface area contributed by atoms with Gasteiger partial charge in [0.2, 0.25) is 8.45 Å². The molecule has 1 aromatic rings. The molecule has 0 saturated heterocycles. The Hall–Kier alpha value is -0.890. The highest BCUT2D eigenvalue weighted by Crippen LogP contribution is 2.29. The molecule has 0 unspecified atom stereocenters. The van der Waals surface area contributed by atoms with Crippen molar-refractivity contribution >= 4 is 8.45 Å². The molecule has 0 aromatic heterocycles. The van der Waals surface area contributed by atoms with Crippen molar-refractivity contribution in [2.75, 3.05) is 13.1 Å². The van der Waals surface area contributed by atoms with Crippen molar-refractivity contribution < 1.29 is 4.52 Å². The smallest absolute Gasteiger partial charge is 0.242 e. The van der Waals surface area contributed by atoms with Crippen molar-refractivity contribution in [2.45, 2.75) is 12.8 Å². The quantitative estimate of drug-likeness (QED) is 0.612. The van der Waals surface area contributed by atoms with E-state index in [1.165, 1.54) is 0 Å². The fourth-order valence-electron chi connectivity index (χ4n) is 1.44. The summed E-state index contributed by atoms with van der Waals surface area (Å²) in [5.41, 5.74) is 0. The molecule has 86 valence electrons. The van der Waals surface area contributed by atoms with E-state index in [1.54, 1.807) is 0 Å². The summed E-state index contributed by atoms with van der Waals surface area (Å²) in [6, 6.07) is 9.94. The van der Waals surface area contributed by atoms with Gasteiger partial charge in [-0.3, -0.25) is 10.2 Å². The monoisotopic (exact) mass is 236 g/mol. The molecule has 1 heterocycles. The third kappa shape index (κ3) is 3.93. The second-order valence-electron chi connectivity index (χ2n) is 3.56. The minimum absolute atomic E-state index is 0.749. The first-order valence-corrected chi connectivity index (χ1v) is 6.86. The molecule has 0 fully saturated rings. The van der Waals surface area contributed by atoms with E-state index < -0.39 is 8.45 Å². The van der Waals surface area contributed by atoms with Gasteiger partial charge >= 0.3 is 0 Å². The number of nitrogens with one attached hydrogen (secondary N) is 2. The number of para-hydroxylation sites is 1. The Morgan fingerprint density at radius 1 is 0.938 bits per heavy atom. The van der Waals surface area contributed by atoms with Crippen LogP contribution in [0.3, 0.4) is 0 Å². The number of hydrogen-bond donors (Lipinski definition) is 2. The average Bonchev–Trinajstić information content (AvgIpc) is 2.45. The Balaban J connectivity index is 1.88. The van der Waals surface area contributed by atoms with Gasteiger partial charge in [-0.15, -0.1) is 0 Å². The lowest BCUT2D eigenvalue weighted by molar-refractivity contribution is 0.581. The fraction of sp³-hybridized carbons (Fsp3) is 0.333. The van der Waals surface area contributed by atoms with Crippen LogP contribution in [0.25, 0.3) is 0 Å². The van der Waals surface area contributed by atoms with Gasteiger partial charge in [0.25, 0.3) is 0 Å². The van der Waals surface area contributed by atoms with E-state index >= 15 is 0 Å². The third-order valence-corrected chi connectivity index (χ3v) is 3.65. The largest absolute Gasteiger partial charge is 0.445 e. The minimum Gasteiger partial charge on any atom is -0.445 e. The van der Waals surface area contributed by atoms with Crippen LogP contribution < -0.4 is 14.7 Å². The van der Waals surface area contributed by atoms with Gasteiger partial charge in [0.1, 0.15) is 5.75 Å². The predicted molar refractivity (Wildman–Crippen MR) is 68.4 cm³/mol. The van der Waals surface area contributed by atoms with Gasteiger partial charge in [-0.2, -0.15) is 0 Å². The second kappa shape index (κ2) is 6.64. The van der Waals surface area contributed by atoms with Gasteiger partial charge in [0.05, 0.1) is 0 Å². The highest BCUT2D eigenvalue weighted by molar-refractivity contribution is 7.48. The molecule has 2 rings (SSSR count). The van der Waals surface area contributed by atoms with E-state index in [4.69, 9.17) is 4.52 Å². The number of rotatable bonds is 2. The highest BCUT2D eigenvalue weighted by atomic mass is 31.2. The lowest BCUT2D eigenvalue weighted by Crippen LogP contribution is -2.22. The van der Waals surface area contributed by atoms with Gasteiger partial charge < -0.3 is 4.52 Å². The summed E-state index contributed by atoms with van der Waals surface area (Å²) in [6.45, 7) is 1.92. The van der Waals surface area contributed by atoms with Crippen molar-refractivity contribution in [1.82, 2.24) is 10.2 Å². The third-order valence-electron chi connectivity index (χ3n) is 2.24. The van der Waals surface area contributed by atoms with Crippen LogP contribution in [0.4, 0.5) is 0 Å². The molecule has 3 nitrogen and oxygen atoms in total. The van der Waals surface area contributed by atoms with Gasteiger partial charge in [0.15, 0.2) is 0 Å². The standard InChI is InChI=1S/C12H17N2OP/c1-2-7-11-14-16(13-10-6-1)15-12-8-4-3-5-9-12/h1-5,8-9,13-14H,6-7,10-11H2/b2-1-. The van der Waals surface area contributed by atoms with Crippen LogP contribution in [0.5, 0.6) is 5.75 Å². The molecular weight excluding hydrogens is 219 g/mol. The first kappa shape index (κ1) is 11.6. The topological polar surface area (TPSA) is 33.3 Å². The van der Waals surface area contributed by atoms with E-state index in [2.05, 4.69) is 22.3 Å². The van der Waals surface area contributed by atoms with Crippen molar-refractivity contribution in [3.05, 3.63) is 42.5 Å². The van der Waals surface area contributed by atoms with Crippen LogP contribution in [0.1, 0.15) is 12.8 Å². The number of hydrogen-bond acceptors (Lipinski definition) is 3. The predicted octanol–water partition coefficient (Wildman–Crippen LogP) is 2.82. The molecule has 1 aromatic carbocycles. The van der Waals surface area contributed by atoms with E-state index in [0.29, 0.717) is 0 Å². The summed E-state index contributed by atoms with van der Waals surface area (Å²) in [4.78, 5) is 0. The molecule has 0 atom stereocenters. The normalized spacial score (nSPS) is 20.5. The second-order valence-corrected chi connectivity index (χ2v) is 4.97. The minimum atomic E-state index is -0.749. The van der Waals surface area contributed by atoms with Crippen LogP contribution in [-0.2, 0) is 0 Å². The number of benzene rings is 1. The summed E-state index contributed by atoms with van der Waals surface area (Å²) in [5, 5.41) is 6.78. The Morgan fingerprint density at radius 3 is 2.19 bits per heavy atom. The van der Waals surface area contributed by atoms with E-state index in [0.717, 1.165) is 31.7 Å². The summed E-state index contributed by atoms with van der Waals surface area (Å²) in [5.74, 6) is 0.917. The van der Waals surface area contributed by atoms with Crippen LogP contribution in [0, 0.1) is 0 Å². The summed E-state index contributed by atoms with van der Waals surface area (Å²) < 4.78 is 5.86. The first-order valence-electron chi connectivity index (χ1n) is 5.60. The zero-order valence-electron chi connectivity index (χ0n) is 9.23. The molecule has 4 heteroatoms. The zero-order valence-corrected chi connectivity index (χ0v) is 10.1. The molecule has 0 radical (unpaired) electrons. The SMILES string of the molecule is C1=C\CCNP(Oc2ccccc2)NCC/1. The molecule has 1 aliphatic rings. The fourth-order valence-corrected chi connectivity index (χ4v) is 2.68. The van der Waals surface area contributed by atoms with Crippen molar-refractivity contribution in [1.29, 1.82) is 0 Å². The van der Waals surface area contributed by atoms with Crippen LogP contribution in [-0.4, -0.2) is 13.1 Å². The molecule has 1 aliphatic heterocycles. The Morgan fingerprint density at radius 2 is 1.56 bits per heavy atom. The Bertz CT molecular complexity index is 317. The molecule has 16 heavy (non-hydrogen) atoms. The van der Waals surface area contributed by atoms with Gasteiger partial charge in [-0.1, -0.05) is 30.4 Å². The maximum absolute atomic E-state index is 5.86. The average molecular weight is 236 g/mol. The van der Waals surface area contributed by atoms with Gasteiger partial charge in [-0.05, 0) is 25.0 Å². The van der Waals surface area contributed by atoms with E-state index in [1.807, 2.05) is 30.3 Å². The van der Waals surface area contributed by atoms with Crippen LogP contribution >= 0.6 is 8.45 Å². The van der Waals surface area contributed by atoms with Crippen molar-refractivity contribution in [3.63, 3.8) is 0 Å². The van der Waals surface area contributed by atoms with Crippen LogP contribution in [0.2, 0.25) is 0 Å². The molecule has 0 bridgehead atoms. The molecule has 0 spiro atoms. The van der Waals surface area contributed by atoms with E-state index in [9.17, 15) is 0 Å². The van der Waals surface area contributed by atoms with E-state index in [-0.39, 0.29) is 0 Å². The Kier molecular flexibility index (Phi) is 4.81. The van der Waals surface area contributed by atoms with Crippen molar-refractivity contribution in [2.24, 2.45) is 0 Å². The zero-order chi connectivity index (χ0) is 11.1. The Labute approximate surface area is 97.8 Å². The first-order chi connectivity index (χ1) is 7.95. The lowest BCUT2D eigenvalue weighted by atomic mass is 10.3. The molecule has 0 amide bonds. The summed E-state index contributed by atoms with van der Waals surface area (Å²) in [7, 11) is -0.749. The summed E-state index contributed by atoms with van der Waals surface area (Å²) >= 11 is 0. The van der Waals surface area contributed by atoms with Gasteiger partial charge in [0, 0.05) is 13.1 Å². The molecule has 0 aliphatic carbocycles. The maximum Gasteiger partial charge on any atom is 0.242 e.